The van der Waals surface area contributed by atoms with Gasteiger partial charge in [0.1, 0.15) is 6.10 Å². The summed E-state index contributed by atoms with van der Waals surface area (Å²) in [5.41, 5.74) is 1.50. The number of ether oxygens (including phenoxy) is 3. The van der Waals surface area contributed by atoms with E-state index in [1.54, 1.807) is 30.0 Å². The number of fused-ring (bicyclic) bond motifs is 2. The first-order valence-corrected chi connectivity index (χ1v) is 13.7. The number of nitrogens with zero attached hydrogens (tertiary/aromatic N) is 2. The van der Waals surface area contributed by atoms with E-state index in [-0.39, 0.29) is 48.3 Å². The van der Waals surface area contributed by atoms with E-state index in [1.165, 1.54) is 0 Å². The number of carbonyl (C=O) groups is 1. The molecule has 0 saturated carbocycles. The number of aliphatic hydroxyl groups excluding tert-OH is 1. The number of nitrogens with one attached hydrogen (secondary N) is 1. The molecule has 0 aliphatic carbocycles. The predicted molar refractivity (Wildman–Crippen MR) is 135 cm³/mol. The average Bonchev–Trinajstić information content (AvgIpc) is 3.28. The van der Waals surface area contributed by atoms with Crippen LogP contribution in [0.4, 0.5) is 5.69 Å². The number of sulfonamides is 1. The number of anilines is 1. The monoisotopic (exact) mass is 519 g/mol. The zero-order valence-electron chi connectivity index (χ0n) is 20.9. The highest BCUT2D eigenvalue weighted by molar-refractivity contribution is 7.92. The Morgan fingerprint density at radius 3 is 2.69 bits per heavy atom. The Morgan fingerprint density at radius 2 is 1.97 bits per heavy atom. The molecule has 10 nitrogen and oxygen atoms in total. The van der Waals surface area contributed by atoms with Gasteiger partial charge in [-0.15, -0.1) is 0 Å². The van der Waals surface area contributed by atoms with Crippen molar-refractivity contribution >= 4 is 21.6 Å². The van der Waals surface area contributed by atoms with Gasteiger partial charge in [-0.2, -0.15) is 0 Å². The van der Waals surface area contributed by atoms with Crippen LogP contribution in [0, 0.1) is 5.92 Å². The van der Waals surface area contributed by atoms with Crippen molar-refractivity contribution in [3.05, 3.63) is 47.5 Å². The second-order valence-corrected chi connectivity index (χ2v) is 11.3. The van der Waals surface area contributed by atoms with E-state index in [9.17, 15) is 18.3 Å². The highest BCUT2D eigenvalue weighted by Crippen LogP contribution is 2.36. The fourth-order valence-electron chi connectivity index (χ4n) is 4.46. The van der Waals surface area contributed by atoms with Crippen LogP contribution in [-0.2, 0) is 16.6 Å². The van der Waals surface area contributed by atoms with Crippen molar-refractivity contribution in [2.24, 2.45) is 5.92 Å². The molecule has 2 aromatic rings. The van der Waals surface area contributed by atoms with Crippen LogP contribution in [0.15, 0.2) is 36.4 Å². The molecule has 36 heavy (non-hydrogen) atoms. The van der Waals surface area contributed by atoms with Gasteiger partial charge in [0.2, 0.25) is 16.8 Å². The number of amides is 1. The number of carbonyl (C=O) groups excluding carboxylic acids is 1. The first kappa shape index (κ1) is 26.1. The summed E-state index contributed by atoms with van der Waals surface area (Å²) in [6, 6.07) is 10.2. The first-order chi connectivity index (χ1) is 17.1. The molecule has 0 bridgehead atoms. The van der Waals surface area contributed by atoms with Crippen LogP contribution in [0.2, 0.25) is 0 Å². The van der Waals surface area contributed by atoms with Gasteiger partial charge in [-0.05, 0) is 43.8 Å². The van der Waals surface area contributed by atoms with Gasteiger partial charge in [-0.1, -0.05) is 19.1 Å². The van der Waals surface area contributed by atoms with Crippen LogP contribution in [0.3, 0.4) is 0 Å². The Bertz CT molecular complexity index is 1220. The number of aliphatic hydroxyl groups is 1. The number of hydrogen-bond acceptors (Lipinski definition) is 8. The summed E-state index contributed by atoms with van der Waals surface area (Å²) in [5.74, 6) is 1.21. The SMILES string of the molecule is C[C@@H]1CN([C@H](C)CO)C(=O)c2cccc(NS(C)(=O)=O)c2O[C@H]1CN(C)Cc1ccc2c(c1)OCO2. The Kier molecular flexibility index (Phi) is 7.62. The molecule has 2 aromatic carbocycles. The minimum absolute atomic E-state index is 0.110. The van der Waals surface area contributed by atoms with Crippen molar-refractivity contribution in [3.8, 4) is 17.2 Å². The summed E-state index contributed by atoms with van der Waals surface area (Å²) in [6.07, 6.45) is 0.683. The number of rotatable bonds is 8. The summed E-state index contributed by atoms with van der Waals surface area (Å²) >= 11 is 0. The molecule has 3 atom stereocenters. The van der Waals surface area contributed by atoms with Crippen molar-refractivity contribution in [1.29, 1.82) is 0 Å². The Labute approximate surface area is 211 Å². The van der Waals surface area contributed by atoms with Gasteiger partial charge < -0.3 is 24.2 Å². The van der Waals surface area contributed by atoms with Crippen LogP contribution in [0.5, 0.6) is 17.2 Å². The van der Waals surface area contributed by atoms with Gasteiger partial charge in [-0.25, -0.2) is 8.42 Å². The standard InChI is InChI=1S/C25H33N3O7S/c1-16-11-28(17(2)14-29)25(30)19-6-5-7-20(26-36(4,31)32)24(19)35-23(16)13-27(3)12-18-8-9-21-22(10-18)34-15-33-21/h5-10,16-17,23,26,29H,11-15H2,1-4H3/t16-,17-,23+/m1/s1. The molecular weight excluding hydrogens is 486 g/mol. The third-order valence-corrected chi connectivity index (χ3v) is 6.96. The first-order valence-electron chi connectivity index (χ1n) is 11.8. The van der Waals surface area contributed by atoms with E-state index in [1.807, 2.05) is 32.2 Å². The summed E-state index contributed by atoms with van der Waals surface area (Å²) < 4.78 is 43.8. The van der Waals surface area contributed by atoms with Crippen molar-refractivity contribution < 1.29 is 32.5 Å². The number of para-hydroxylation sites is 1. The fraction of sp³-hybridized carbons (Fsp3) is 0.480. The summed E-state index contributed by atoms with van der Waals surface area (Å²) in [5, 5.41) is 9.81. The van der Waals surface area contributed by atoms with Gasteiger partial charge in [0, 0.05) is 25.6 Å². The molecule has 0 fully saturated rings. The van der Waals surface area contributed by atoms with E-state index >= 15 is 0 Å². The lowest BCUT2D eigenvalue weighted by Crippen LogP contribution is -2.49. The maximum absolute atomic E-state index is 13.4. The summed E-state index contributed by atoms with van der Waals surface area (Å²) in [7, 11) is -1.64. The molecule has 196 valence electrons. The lowest BCUT2D eigenvalue weighted by Gasteiger charge is -2.38. The zero-order chi connectivity index (χ0) is 26.0. The Balaban J connectivity index is 1.63. The minimum atomic E-state index is -3.61. The molecule has 0 spiro atoms. The van der Waals surface area contributed by atoms with Crippen molar-refractivity contribution in [2.75, 3.05) is 44.5 Å². The van der Waals surface area contributed by atoms with E-state index < -0.39 is 16.1 Å². The van der Waals surface area contributed by atoms with E-state index in [2.05, 4.69) is 9.62 Å². The van der Waals surface area contributed by atoms with Crippen LogP contribution in [-0.4, -0.2) is 81.2 Å². The quantitative estimate of drug-likeness (QED) is 0.545. The molecule has 11 heteroatoms. The molecule has 0 aromatic heterocycles. The second kappa shape index (κ2) is 10.5. The molecule has 0 radical (unpaired) electrons. The maximum atomic E-state index is 13.4. The third-order valence-electron chi connectivity index (χ3n) is 6.37. The lowest BCUT2D eigenvalue weighted by molar-refractivity contribution is 0.0344. The number of likely N-dealkylation sites (N-methyl/N-ethyl adjacent to an activating group) is 1. The largest absolute Gasteiger partial charge is 0.486 e. The third kappa shape index (κ3) is 5.85. The molecule has 1 amide bonds. The molecule has 2 N–H and O–H groups in total. The number of hydrogen-bond donors (Lipinski definition) is 2. The van der Waals surface area contributed by atoms with Gasteiger partial charge in [0.05, 0.1) is 30.2 Å². The summed E-state index contributed by atoms with van der Waals surface area (Å²) in [6.45, 7) is 5.31. The second-order valence-electron chi connectivity index (χ2n) is 9.56. The van der Waals surface area contributed by atoms with Gasteiger partial charge >= 0.3 is 0 Å². The van der Waals surface area contributed by atoms with E-state index in [0.717, 1.165) is 17.6 Å². The Hall–Kier alpha value is -3.02. The highest BCUT2D eigenvalue weighted by Gasteiger charge is 2.34. The predicted octanol–water partition coefficient (Wildman–Crippen LogP) is 2.14. The average molecular weight is 520 g/mol. The van der Waals surface area contributed by atoms with E-state index in [0.29, 0.717) is 25.4 Å². The molecular formula is C25H33N3O7S. The molecule has 2 aliphatic rings. The number of benzene rings is 2. The van der Waals surface area contributed by atoms with Crippen molar-refractivity contribution in [2.45, 2.75) is 32.5 Å². The lowest BCUT2D eigenvalue weighted by atomic mass is 9.99. The van der Waals surface area contributed by atoms with Crippen molar-refractivity contribution in [1.82, 2.24) is 9.80 Å². The summed E-state index contributed by atoms with van der Waals surface area (Å²) in [4.78, 5) is 17.2. The fourth-order valence-corrected chi connectivity index (χ4v) is 5.02. The van der Waals surface area contributed by atoms with Crippen LogP contribution in [0.1, 0.15) is 29.8 Å². The maximum Gasteiger partial charge on any atom is 0.258 e. The zero-order valence-corrected chi connectivity index (χ0v) is 21.7. The smallest absolute Gasteiger partial charge is 0.258 e. The van der Waals surface area contributed by atoms with Crippen LogP contribution < -0.4 is 18.9 Å². The van der Waals surface area contributed by atoms with Crippen molar-refractivity contribution in [3.63, 3.8) is 0 Å². The van der Waals surface area contributed by atoms with Gasteiger partial charge in [0.25, 0.3) is 5.91 Å². The van der Waals surface area contributed by atoms with Gasteiger partial charge in [0.15, 0.2) is 17.2 Å². The highest BCUT2D eigenvalue weighted by atomic mass is 32.2. The molecule has 2 aliphatic heterocycles. The normalized spacial score (nSPS) is 20.4. The topological polar surface area (TPSA) is 118 Å². The Morgan fingerprint density at radius 1 is 1.22 bits per heavy atom. The molecule has 0 unspecified atom stereocenters. The van der Waals surface area contributed by atoms with Crippen LogP contribution >= 0.6 is 0 Å². The van der Waals surface area contributed by atoms with Crippen LogP contribution in [0.25, 0.3) is 0 Å². The van der Waals surface area contributed by atoms with Gasteiger partial charge in [-0.3, -0.25) is 14.4 Å². The molecule has 2 heterocycles. The molecule has 4 rings (SSSR count). The minimum Gasteiger partial charge on any atom is -0.486 e. The van der Waals surface area contributed by atoms with E-state index in [4.69, 9.17) is 14.2 Å². The molecule has 0 saturated heterocycles.